The summed E-state index contributed by atoms with van der Waals surface area (Å²) in [5.41, 5.74) is 5.81. The third-order valence-electron chi connectivity index (χ3n) is 4.52. The van der Waals surface area contributed by atoms with E-state index >= 15 is 0 Å². The van der Waals surface area contributed by atoms with Crippen LogP contribution in [0.25, 0.3) is 0 Å². The van der Waals surface area contributed by atoms with Crippen LogP contribution in [0.1, 0.15) is 52.9 Å². The van der Waals surface area contributed by atoms with Gasteiger partial charge in [-0.1, -0.05) is 33.1 Å². The first-order valence-corrected chi connectivity index (χ1v) is 8.28. The van der Waals surface area contributed by atoms with E-state index in [4.69, 9.17) is 5.73 Å². The highest BCUT2D eigenvalue weighted by Gasteiger charge is 2.26. The standard InChI is InChI=1S/C16H33N3O/c1-4-5-6-7-14(3)18-16(20)12-19-9-8-13(2)15(10-17)11-19/h13-15H,4-12,17H2,1-3H3,(H,18,20). The average molecular weight is 283 g/mol. The number of carbonyl (C=O) groups is 1. The molecule has 1 aliphatic heterocycles. The van der Waals surface area contributed by atoms with Crippen LogP contribution >= 0.6 is 0 Å². The molecule has 118 valence electrons. The Morgan fingerprint density at radius 3 is 2.85 bits per heavy atom. The van der Waals surface area contributed by atoms with Crippen molar-refractivity contribution < 1.29 is 4.79 Å². The van der Waals surface area contributed by atoms with Crippen LogP contribution in [0.5, 0.6) is 0 Å². The molecule has 4 heteroatoms. The predicted octanol–water partition coefficient (Wildman–Crippen LogP) is 1.99. The Labute approximate surface area is 124 Å². The molecule has 0 radical (unpaired) electrons. The quantitative estimate of drug-likeness (QED) is 0.670. The third kappa shape index (κ3) is 6.23. The van der Waals surface area contributed by atoms with E-state index < -0.39 is 0 Å². The van der Waals surface area contributed by atoms with Crippen LogP contribution in [0.15, 0.2) is 0 Å². The molecule has 1 rings (SSSR count). The number of nitrogens with zero attached hydrogens (tertiary/aromatic N) is 1. The number of carbonyl (C=O) groups excluding carboxylic acids is 1. The second-order valence-electron chi connectivity index (χ2n) is 6.46. The number of amides is 1. The van der Waals surface area contributed by atoms with E-state index in [1.165, 1.54) is 19.3 Å². The summed E-state index contributed by atoms with van der Waals surface area (Å²) in [6.07, 6.45) is 5.92. The number of hydrogen-bond acceptors (Lipinski definition) is 3. The van der Waals surface area contributed by atoms with E-state index in [1.54, 1.807) is 0 Å². The van der Waals surface area contributed by atoms with E-state index in [-0.39, 0.29) is 5.91 Å². The van der Waals surface area contributed by atoms with Gasteiger partial charge in [0.05, 0.1) is 6.54 Å². The molecule has 3 unspecified atom stereocenters. The second-order valence-corrected chi connectivity index (χ2v) is 6.46. The van der Waals surface area contributed by atoms with E-state index in [2.05, 4.69) is 31.0 Å². The topological polar surface area (TPSA) is 58.4 Å². The largest absolute Gasteiger partial charge is 0.353 e. The number of nitrogens with two attached hydrogens (primary N) is 1. The highest BCUT2D eigenvalue weighted by molar-refractivity contribution is 5.78. The number of hydrogen-bond donors (Lipinski definition) is 2. The van der Waals surface area contributed by atoms with Crippen LogP contribution in [0.3, 0.4) is 0 Å². The molecule has 3 N–H and O–H groups in total. The smallest absolute Gasteiger partial charge is 0.234 e. The number of likely N-dealkylation sites (tertiary alicyclic amines) is 1. The molecule has 1 amide bonds. The lowest BCUT2D eigenvalue weighted by Crippen LogP contribution is -2.47. The lowest BCUT2D eigenvalue weighted by atomic mass is 9.87. The molecule has 20 heavy (non-hydrogen) atoms. The minimum absolute atomic E-state index is 0.166. The summed E-state index contributed by atoms with van der Waals surface area (Å²) >= 11 is 0. The van der Waals surface area contributed by atoms with Crippen molar-refractivity contribution in [2.75, 3.05) is 26.2 Å². The first kappa shape index (κ1) is 17.4. The monoisotopic (exact) mass is 283 g/mol. The molecule has 1 heterocycles. The molecule has 1 saturated heterocycles. The maximum absolute atomic E-state index is 12.0. The summed E-state index contributed by atoms with van der Waals surface area (Å²) in [7, 11) is 0. The average Bonchev–Trinajstić information content (AvgIpc) is 2.41. The summed E-state index contributed by atoms with van der Waals surface area (Å²) in [5.74, 6) is 1.39. The molecule has 0 aromatic rings. The fourth-order valence-corrected chi connectivity index (χ4v) is 2.97. The van der Waals surface area contributed by atoms with Crippen molar-refractivity contribution in [3.63, 3.8) is 0 Å². The van der Waals surface area contributed by atoms with Crippen LogP contribution in [0, 0.1) is 11.8 Å². The van der Waals surface area contributed by atoms with E-state index in [9.17, 15) is 4.79 Å². The Kier molecular flexibility index (Phi) is 8.15. The highest BCUT2D eigenvalue weighted by atomic mass is 16.2. The van der Waals surface area contributed by atoms with Crippen LogP contribution in [-0.4, -0.2) is 43.0 Å². The van der Waals surface area contributed by atoms with Crippen molar-refractivity contribution in [1.29, 1.82) is 0 Å². The number of nitrogens with one attached hydrogen (secondary N) is 1. The van der Waals surface area contributed by atoms with Crippen LogP contribution < -0.4 is 11.1 Å². The molecule has 0 bridgehead atoms. The van der Waals surface area contributed by atoms with E-state index in [0.29, 0.717) is 24.4 Å². The Bertz CT molecular complexity index is 283. The predicted molar refractivity (Wildman–Crippen MR) is 84.5 cm³/mol. The maximum Gasteiger partial charge on any atom is 0.234 e. The molecular weight excluding hydrogens is 250 g/mol. The van der Waals surface area contributed by atoms with E-state index in [1.807, 2.05) is 0 Å². The van der Waals surface area contributed by atoms with Crippen molar-refractivity contribution in [3.8, 4) is 0 Å². The molecule has 1 aliphatic rings. The fraction of sp³-hybridized carbons (Fsp3) is 0.938. The molecule has 0 aromatic carbocycles. The zero-order valence-corrected chi connectivity index (χ0v) is 13.5. The highest BCUT2D eigenvalue weighted by Crippen LogP contribution is 2.21. The summed E-state index contributed by atoms with van der Waals surface area (Å²) in [5, 5.41) is 3.12. The van der Waals surface area contributed by atoms with Gasteiger partial charge in [0, 0.05) is 12.6 Å². The van der Waals surface area contributed by atoms with Crippen LogP contribution in [0.2, 0.25) is 0 Å². The van der Waals surface area contributed by atoms with Crippen LogP contribution in [-0.2, 0) is 4.79 Å². The molecule has 0 aromatic heterocycles. The molecule has 0 aliphatic carbocycles. The lowest BCUT2D eigenvalue weighted by molar-refractivity contribution is -0.123. The Balaban J connectivity index is 2.24. The van der Waals surface area contributed by atoms with Gasteiger partial charge in [0.15, 0.2) is 0 Å². The number of piperidine rings is 1. The summed E-state index contributed by atoms with van der Waals surface area (Å²) in [6, 6.07) is 0.295. The van der Waals surface area contributed by atoms with Crippen LogP contribution in [0.4, 0.5) is 0 Å². The number of unbranched alkanes of at least 4 members (excludes halogenated alkanes) is 2. The third-order valence-corrected chi connectivity index (χ3v) is 4.52. The summed E-state index contributed by atoms with van der Waals surface area (Å²) in [6.45, 7) is 9.83. The zero-order valence-electron chi connectivity index (χ0n) is 13.5. The molecule has 3 atom stereocenters. The molecule has 0 saturated carbocycles. The zero-order chi connectivity index (χ0) is 15.0. The van der Waals surface area contributed by atoms with Gasteiger partial charge in [-0.25, -0.2) is 0 Å². The van der Waals surface area contributed by atoms with Gasteiger partial charge >= 0.3 is 0 Å². The number of rotatable bonds is 8. The fourth-order valence-electron chi connectivity index (χ4n) is 2.97. The van der Waals surface area contributed by atoms with Gasteiger partial charge < -0.3 is 11.1 Å². The normalized spacial score (nSPS) is 25.4. The van der Waals surface area contributed by atoms with Gasteiger partial charge in [0.25, 0.3) is 0 Å². The van der Waals surface area contributed by atoms with Crippen molar-refractivity contribution in [1.82, 2.24) is 10.2 Å². The van der Waals surface area contributed by atoms with Gasteiger partial charge in [-0.15, -0.1) is 0 Å². The Morgan fingerprint density at radius 2 is 2.20 bits per heavy atom. The Morgan fingerprint density at radius 1 is 1.45 bits per heavy atom. The molecule has 0 spiro atoms. The van der Waals surface area contributed by atoms with Crippen molar-refractivity contribution in [2.24, 2.45) is 17.6 Å². The second kappa shape index (κ2) is 9.35. The van der Waals surface area contributed by atoms with Crippen molar-refractivity contribution >= 4 is 5.91 Å². The lowest BCUT2D eigenvalue weighted by Gasteiger charge is -2.36. The maximum atomic E-state index is 12.0. The van der Waals surface area contributed by atoms with Gasteiger partial charge in [0.1, 0.15) is 0 Å². The summed E-state index contributed by atoms with van der Waals surface area (Å²) in [4.78, 5) is 14.3. The first-order valence-electron chi connectivity index (χ1n) is 8.28. The SMILES string of the molecule is CCCCCC(C)NC(=O)CN1CCC(C)C(CN)C1. The Hall–Kier alpha value is -0.610. The molecular formula is C16H33N3O. The van der Waals surface area contributed by atoms with Gasteiger partial charge in [-0.3, -0.25) is 9.69 Å². The first-order chi connectivity index (χ1) is 9.56. The van der Waals surface area contributed by atoms with Gasteiger partial charge in [0.2, 0.25) is 5.91 Å². The molecule has 1 fully saturated rings. The van der Waals surface area contributed by atoms with Gasteiger partial charge in [-0.2, -0.15) is 0 Å². The minimum Gasteiger partial charge on any atom is -0.353 e. The van der Waals surface area contributed by atoms with Crippen molar-refractivity contribution in [3.05, 3.63) is 0 Å². The van der Waals surface area contributed by atoms with E-state index in [0.717, 1.165) is 32.5 Å². The molecule has 4 nitrogen and oxygen atoms in total. The summed E-state index contributed by atoms with van der Waals surface area (Å²) < 4.78 is 0. The minimum atomic E-state index is 0.166. The van der Waals surface area contributed by atoms with Crippen molar-refractivity contribution in [2.45, 2.75) is 58.9 Å². The van der Waals surface area contributed by atoms with Gasteiger partial charge in [-0.05, 0) is 44.7 Å².